The third-order valence-corrected chi connectivity index (χ3v) is 2.91. The van der Waals surface area contributed by atoms with Crippen LogP contribution in [0.25, 0.3) is 11.0 Å². The van der Waals surface area contributed by atoms with Gasteiger partial charge in [-0.05, 0) is 31.5 Å². The fourth-order valence-corrected chi connectivity index (χ4v) is 2.07. The van der Waals surface area contributed by atoms with E-state index in [1.54, 1.807) is 6.07 Å². The summed E-state index contributed by atoms with van der Waals surface area (Å²) in [5.41, 5.74) is 0.353. The van der Waals surface area contributed by atoms with Crippen molar-refractivity contribution < 1.29 is 8.81 Å². The Balaban J connectivity index is 2.37. The maximum atomic E-state index is 13.5. The largest absolute Gasteiger partial charge is 0.456 e. The van der Waals surface area contributed by atoms with Gasteiger partial charge in [0.2, 0.25) is 0 Å². The van der Waals surface area contributed by atoms with Gasteiger partial charge in [0.15, 0.2) is 11.4 Å². The number of para-hydroxylation sites is 1. The minimum atomic E-state index is -0.298. The monoisotopic (exact) mass is 235 g/mol. The lowest BCUT2D eigenvalue weighted by molar-refractivity contribution is 0.386. The first-order chi connectivity index (χ1) is 8.11. The molecule has 1 aromatic carbocycles. The molecule has 0 amide bonds. The third-order valence-electron chi connectivity index (χ3n) is 2.91. The van der Waals surface area contributed by atoms with Gasteiger partial charge in [-0.2, -0.15) is 0 Å². The van der Waals surface area contributed by atoms with E-state index >= 15 is 0 Å². The number of fused-ring (bicyclic) bond motifs is 1. The van der Waals surface area contributed by atoms with Crippen molar-refractivity contribution >= 4 is 11.0 Å². The van der Waals surface area contributed by atoms with Crippen LogP contribution in [0.1, 0.15) is 32.1 Å². The zero-order valence-electron chi connectivity index (χ0n) is 10.5. The Kier molecular flexibility index (Phi) is 3.48. The summed E-state index contributed by atoms with van der Waals surface area (Å²) in [7, 11) is 1.90. The zero-order valence-corrected chi connectivity index (χ0v) is 10.5. The van der Waals surface area contributed by atoms with Crippen molar-refractivity contribution in [3.8, 4) is 0 Å². The van der Waals surface area contributed by atoms with Crippen molar-refractivity contribution in [2.24, 2.45) is 5.92 Å². The minimum Gasteiger partial charge on any atom is -0.456 e. The van der Waals surface area contributed by atoms with E-state index < -0.39 is 0 Å². The van der Waals surface area contributed by atoms with E-state index in [0.29, 0.717) is 11.5 Å². The average molecular weight is 235 g/mol. The van der Waals surface area contributed by atoms with Crippen LogP contribution in [0.4, 0.5) is 4.39 Å². The SMILES string of the molecule is CNC(CC(C)C)c1cc2cccc(F)c2o1. The predicted octanol–water partition coefficient (Wildman–Crippen LogP) is 3.88. The molecular formula is C14H18FNO. The number of rotatable bonds is 4. The highest BCUT2D eigenvalue weighted by Crippen LogP contribution is 2.28. The second-order valence-electron chi connectivity index (χ2n) is 4.78. The van der Waals surface area contributed by atoms with Crippen LogP contribution in [0.3, 0.4) is 0 Å². The number of nitrogens with one attached hydrogen (secondary N) is 1. The lowest BCUT2D eigenvalue weighted by atomic mass is 10.0. The average Bonchev–Trinajstić information content (AvgIpc) is 2.70. The molecule has 0 bridgehead atoms. The topological polar surface area (TPSA) is 25.2 Å². The number of halogens is 1. The van der Waals surface area contributed by atoms with Gasteiger partial charge in [-0.25, -0.2) is 4.39 Å². The van der Waals surface area contributed by atoms with Gasteiger partial charge in [0.05, 0.1) is 6.04 Å². The molecule has 0 aliphatic carbocycles. The Labute approximate surface area is 101 Å². The molecule has 2 nitrogen and oxygen atoms in total. The zero-order chi connectivity index (χ0) is 12.4. The Hall–Kier alpha value is -1.35. The second kappa shape index (κ2) is 4.88. The van der Waals surface area contributed by atoms with Crippen LogP contribution in [-0.2, 0) is 0 Å². The summed E-state index contributed by atoms with van der Waals surface area (Å²) in [5.74, 6) is 1.07. The highest BCUT2D eigenvalue weighted by molar-refractivity contribution is 5.78. The number of hydrogen-bond acceptors (Lipinski definition) is 2. The summed E-state index contributed by atoms with van der Waals surface area (Å²) in [4.78, 5) is 0. The third kappa shape index (κ3) is 2.50. The molecule has 0 saturated carbocycles. The van der Waals surface area contributed by atoms with Crippen LogP contribution in [0.15, 0.2) is 28.7 Å². The molecule has 0 aliphatic rings. The molecule has 0 fully saturated rings. The molecule has 0 spiro atoms. The molecule has 3 heteroatoms. The van der Waals surface area contributed by atoms with Gasteiger partial charge < -0.3 is 9.73 Å². The Bertz CT molecular complexity index is 504. The Morgan fingerprint density at radius 1 is 1.35 bits per heavy atom. The summed E-state index contributed by atoms with van der Waals surface area (Å²) in [6, 6.07) is 7.05. The molecular weight excluding hydrogens is 217 g/mol. The van der Waals surface area contributed by atoms with E-state index in [1.807, 2.05) is 19.2 Å². The molecule has 1 aromatic heterocycles. The lowest BCUT2D eigenvalue weighted by Gasteiger charge is -2.15. The molecule has 2 rings (SSSR count). The van der Waals surface area contributed by atoms with Crippen molar-refractivity contribution in [3.63, 3.8) is 0 Å². The molecule has 1 atom stereocenters. The van der Waals surface area contributed by atoms with Crippen LogP contribution < -0.4 is 5.32 Å². The normalized spacial score (nSPS) is 13.5. The standard InChI is InChI=1S/C14H18FNO/c1-9(2)7-12(16-3)13-8-10-5-4-6-11(15)14(10)17-13/h4-6,8-9,12,16H,7H2,1-3H3. The van der Waals surface area contributed by atoms with Crippen LogP contribution >= 0.6 is 0 Å². The lowest BCUT2D eigenvalue weighted by Crippen LogP contribution is -2.17. The molecule has 2 aromatic rings. The summed E-state index contributed by atoms with van der Waals surface area (Å²) >= 11 is 0. The second-order valence-corrected chi connectivity index (χ2v) is 4.78. The van der Waals surface area contributed by atoms with E-state index in [-0.39, 0.29) is 11.9 Å². The number of furan rings is 1. The van der Waals surface area contributed by atoms with Gasteiger partial charge in [-0.15, -0.1) is 0 Å². The molecule has 17 heavy (non-hydrogen) atoms. The fraction of sp³-hybridized carbons (Fsp3) is 0.429. The minimum absolute atomic E-state index is 0.141. The Morgan fingerprint density at radius 2 is 2.12 bits per heavy atom. The smallest absolute Gasteiger partial charge is 0.169 e. The molecule has 1 N–H and O–H groups in total. The highest BCUT2D eigenvalue weighted by atomic mass is 19.1. The van der Waals surface area contributed by atoms with Crippen molar-refractivity contribution in [1.29, 1.82) is 0 Å². The first kappa shape index (κ1) is 12.1. The van der Waals surface area contributed by atoms with Crippen LogP contribution in [0.2, 0.25) is 0 Å². The number of benzene rings is 1. The van der Waals surface area contributed by atoms with Gasteiger partial charge in [0.25, 0.3) is 0 Å². The van der Waals surface area contributed by atoms with Gasteiger partial charge in [0, 0.05) is 5.39 Å². The summed E-state index contributed by atoms with van der Waals surface area (Å²) in [5, 5.41) is 4.04. The van der Waals surface area contributed by atoms with Crippen LogP contribution in [0.5, 0.6) is 0 Å². The van der Waals surface area contributed by atoms with E-state index in [1.165, 1.54) is 6.07 Å². The first-order valence-electron chi connectivity index (χ1n) is 5.97. The molecule has 0 aliphatic heterocycles. The summed E-state index contributed by atoms with van der Waals surface area (Å²) in [6.45, 7) is 4.32. The molecule has 92 valence electrons. The maximum absolute atomic E-state index is 13.5. The van der Waals surface area contributed by atoms with E-state index in [9.17, 15) is 4.39 Å². The first-order valence-corrected chi connectivity index (χ1v) is 5.97. The van der Waals surface area contributed by atoms with Gasteiger partial charge in [0.1, 0.15) is 5.76 Å². The number of hydrogen-bond donors (Lipinski definition) is 1. The molecule has 1 heterocycles. The van der Waals surface area contributed by atoms with Gasteiger partial charge in [-0.1, -0.05) is 26.0 Å². The Morgan fingerprint density at radius 3 is 2.71 bits per heavy atom. The molecule has 0 saturated heterocycles. The van der Waals surface area contributed by atoms with Crippen molar-refractivity contribution in [3.05, 3.63) is 35.8 Å². The van der Waals surface area contributed by atoms with Crippen LogP contribution in [0, 0.1) is 11.7 Å². The molecule has 0 radical (unpaired) electrons. The van der Waals surface area contributed by atoms with E-state index in [2.05, 4.69) is 19.2 Å². The van der Waals surface area contributed by atoms with E-state index in [0.717, 1.165) is 17.6 Å². The fourth-order valence-electron chi connectivity index (χ4n) is 2.07. The maximum Gasteiger partial charge on any atom is 0.169 e. The van der Waals surface area contributed by atoms with Crippen molar-refractivity contribution in [2.75, 3.05) is 7.05 Å². The summed E-state index contributed by atoms with van der Waals surface area (Å²) < 4.78 is 19.1. The highest BCUT2D eigenvalue weighted by Gasteiger charge is 2.17. The quantitative estimate of drug-likeness (QED) is 0.870. The molecule has 1 unspecified atom stereocenters. The summed E-state index contributed by atoms with van der Waals surface area (Å²) in [6.07, 6.45) is 0.970. The van der Waals surface area contributed by atoms with Gasteiger partial charge >= 0.3 is 0 Å². The van der Waals surface area contributed by atoms with Crippen LogP contribution in [-0.4, -0.2) is 7.05 Å². The van der Waals surface area contributed by atoms with Crippen molar-refractivity contribution in [2.45, 2.75) is 26.3 Å². The predicted molar refractivity (Wildman–Crippen MR) is 67.4 cm³/mol. The van der Waals surface area contributed by atoms with Crippen molar-refractivity contribution in [1.82, 2.24) is 5.32 Å². The van der Waals surface area contributed by atoms with E-state index in [4.69, 9.17) is 4.42 Å². The van der Waals surface area contributed by atoms with Gasteiger partial charge in [-0.3, -0.25) is 0 Å².